The fourth-order valence-corrected chi connectivity index (χ4v) is 4.14. The van der Waals surface area contributed by atoms with Gasteiger partial charge in [-0.15, -0.1) is 0 Å². The van der Waals surface area contributed by atoms with Crippen molar-refractivity contribution in [1.82, 2.24) is 14.9 Å². The molecule has 0 radical (unpaired) electrons. The maximum absolute atomic E-state index is 12.8. The van der Waals surface area contributed by atoms with Gasteiger partial charge in [-0.2, -0.15) is 0 Å². The first-order valence-electron chi connectivity index (χ1n) is 9.57. The molecule has 1 saturated heterocycles. The average molecular weight is 362 g/mol. The van der Waals surface area contributed by atoms with Gasteiger partial charge in [-0.05, 0) is 36.6 Å². The summed E-state index contributed by atoms with van der Waals surface area (Å²) in [6.07, 6.45) is 6.81. The second-order valence-corrected chi connectivity index (χ2v) is 7.65. The lowest BCUT2D eigenvalue weighted by atomic mass is 9.95. The third kappa shape index (κ3) is 3.74. The Morgan fingerprint density at radius 3 is 2.85 bits per heavy atom. The third-order valence-electron chi connectivity index (χ3n) is 5.42. The first-order valence-corrected chi connectivity index (χ1v) is 9.57. The van der Waals surface area contributed by atoms with Crippen LogP contribution >= 0.6 is 0 Å². The summed E-state index contributed by atoms with van der Waals surface area (Å²) >= 11 is 0. The molecule has 140 valence electrons. The quantitative estimate of drug-likeness (QED) is 0.775. The smallest absolute Gasteiger partial charge is 0.193 e. The lowest BCUT2D eigenvalue weighted by molar-refractivity contribution is 0.349. The second-order valence-electron chi connectivity index (χ2n) is 7.65. The molecular formula is C22H26N4O. The van der Waals surface area contributed by atoms with Crippen LogP contribution in [-0.4, -0.2) is 28.7 Å². The number of nitrogens with zero attached hydrogens (tertiary/aromatic N) is 3. The number of hydrogen-bond donors (Lipinski definition) is 1. The Balaban J connectivity index is 1.51. The molecule has 1 N–H and O–H groups in total. The highest BCUT2D eigenvalue weighted by Gasteiger charge is 2.25. The highest BCUT2D eigenvalue weighted by atomic mass is 16.1. The van der Waals surface area contributed by atoms with E-state index in [1.54, 1.807) is 0 Å². The molecular weight excluding hydrogens is 336 g/mol. The van der Waals surface area contributed by atoms with E-state index >= 15 is 0 Å². The standard InChI is InChI=1S/C22H26N4O/c1-16-10-18(15-26(13-16)19-6-5-9-23-12-19)24-11-17-14-25(2)21-8-4-3-7-20(21)22(17)27/h3-9,12,14,16,18,24H,10-11,13,15H2,1-2H3/t16-,18+/m1/s1. The highest BCUT2D eigenvalue weighted by molar-refractivity contribution is 5.79. The van der Waals surface area contributed by atoms with E-state index in [1.165, 1.54) is 0 Å². The van der Waals surface area contributed by atoms with Gasteiger partial charge in [0, 0.05) is 56.1 Å². The minimum absolute atomic E-state index is 0.129. The van der Waals surface area contributed by atoms with Gasteiger partial charge in [0.05, 0.1) is 17.4 Å². The molecule has 1 aliphatic heterocycles. The van der Waals surface area contributed by atoms with Crippen molar-refractivity contribution in [2.24, 2.45) is 13.0 Å². The van der Waals surface area contributed by atoms with E-state index in [0.29, 0.717) is 18.5 Å². The molecule has 0 spiro atoms. The van der Waals surface area contributed by atoms with Crippen LogP contribution in [0.25, 0.3) is 10.9 Å². The van der Waals surface area contributed by atoms with Gasteiger partial charge in [-0.3, -0.25) is 9.78 Å². The number of rotatable bonds is 4. The van der Waals surface area contributed by atoms with Gasteiger partial charge in [-0.25, -0.2) is 0 Å². The van der Waals surface area contributed by atoms with Gasteiger partial charge in [0.1, 0.15) is 0 Å². The average Bonchev–Trinajstić information content (AvgIpc) is 2.70. The Bertz CT molecular complexity index is 983. The number of anilines is 1. The van der Waals surface area contributed by atoms with Crippen molar-refractivity contribution in [3.8, 4) is 0 Å². The van der Waals surface area contributed by atoms with Gasteiger partial charge in [0.25, 0.3) is 0 Å². The topological polar surface area (TPSA) is 50.2 Å². The maximum Gasteiger partial charge on any atom is 0.193 e. The molecule has 5 nitrogen and oxygen atoms in total. The monoisotopic (exact) mass is 362 g/mol. The van der Waals surface area contributed by atoms with Crippen LogP contribution < -0.4 is 15.6 Å². The largest absolute Gasteiger partial charge is 0.368 e. The van der Waals surface area contributed by atoms with Crippen LogP contribution in [0.5, 0.6) is 0 Å². The molecule has 3 aromatic rings. The molecule has 3 heterocycles. The molecule has 4 rings (SSSR count). The van der Waals surface area contributed by atoms with Gasteiger partial charge < -0.3 is 14.8 Å². The highest BCUT2D eigenvalue weighted by Crippen LogP contribution is 2.22. The van der Waals surface area contributed by atoms with Crippen molar-refractivity contribution >= 4 is 16.6 Å². The number of benzene rings is 1. The molecule has 0 bridgehead atoms. The van der Waals surface area contributed by atoms with Gasteiger partial charge in [-0.1, -0.05) is 19.1 Å². The summed E-state index contributed by atoms with van der Waals surface area (Å²) in [5, 5.41) is 4.41. The summed E-state index contributed by atoms with van der Waals surface area (Å²) in [6, 6.07) is 12.2. The predicted molar refractivity (Wildman–Crippen MR) is 110 cm³/mol. The number of aryl methyl sites for hydroxylation is 1. The van der Waals surface area contributed by atoms with E-state index < -0.39 is 0 Å². The van der Waals surface area contributed by atoms with Crippen LogP contribution in [-0.2, 0) is 13.6 Å². The molecule has 0 amide bonds. The van der Waals surface area contributed by atoms with Gasteiger partial charge in [0.2, 0.25) is 0 Å². The van der Waals surface area contributed by atoms with Crippen LogP contribution in [0.1, 0.15) is 18.9 Å². The summed E-state index contributed by atoms with van der Waals surface area (Å²) in [5.41, 5.74) is 3.09. The Labute approximate surface area is 159 Å². The van der Waals surface area contributed by atoms with E-state index in [-0.39, 0.29) is 5.43 Å². The normalized spacial score (nSPS) is 20.1. The number of para-hydroxylation sites is 1. The number of hydrogen-bond acceptors (Lipinski definition) is 4. The number of aromatic nitrogens is 2. The second kappa shape index (κ2) is 7.53. The molecule has 5 heteroatoms. The molecule has 1 aliphatic rings. The molecule has 27 heavy (non-hydrogen) atoms. The molecule has 2 aromatic heterocycles. The van der Waals surface area contributed by atoms with E-state index in [4.69, 9.17) is 0 Å². The van der Waals surface area contributed by atoms with Crippen LogP contribution in [0, 0.1) is 5.92 Å². The van der Waals surface area contributed by atoms with Crippen molar-refractivity contribution in [3.05, 3.63) is 70.8 Å². The minimum atomic E-state index is 0.129. The van der Waals surface area contributed by atoms with E-state index in [2.05, 4.69) is 28.2 Å². The zero-order valence-corrected chi connectivity index (χ0v) is 15.9. The molecule has 0 saturated carbocycles. The summed E-state index contributed by atoms with van der Waals surface area (Å²) < 4.78 is 2.04. The van der Waals surface area contributed by atoms with Crippen LogP contribution in [0.2, 0.25) is 0 Å². The zero-order chi connectivity index (χ0) is 18.8. The van der Waals surface area contributed by atoms with Crippen molar-refractivity contribution < 1.29 is 0 Å². The third-order valence-corrected chi connectivity index (χ3v) is 5.42. The fraction of sp³-hybridized carbons (Fsp3) is 0.364. The van der Waals surface area contributed by atoms with Crippen LogP contribution in [0.4, 0.5) is 5.69 Å². The summed E-state index contributed by atoms with van der Waals surface area (Å²) in [5.74, 6) is 0.593. The minimum Gasteiger partial charge on any atom is -0.368 e. The Morgan fingerprint density at radius 2 is 2.04 bits per heavy atom. The molecule has 2 atom stereocenters. The maximum atomic E-state index is 12.8. The van der Waals surface area contributed by atoms with Crippen molar-refractivity contribution in [1.29, 1.82) is 0 Å². The molecule has 1 aromatic carbocycles. The Morgan fingerprint density at radius 1 is 1.19 bits per heavy atom. The Hall–Kier alpha value is -2.66. The lowest BCUT2D eigenvalue weighted by Crippen LogP contribution is -2.49. The SMILES string of the molecule is C[C@@H]1C[C@H](NCc2cn(C)c3ccccc3c2=O)CN(c2cccnc2)C1. The first kappa shape index (κ1) is 17.7. The zero-order valence-electron chi connectivity index (χ0n) is 15.9. The summed E-state index contributed by atoms with van der Waals surface area (Å²) in [7, 11) is 2.00. The predicted octanol–water partition coefficient (Wildman–Crippen LogP) is 2.94. The number of fused-ring (bicyclic) bond motifs is 1. The van der Waals surface area contributed by atoms with Crippen LogP contribution in [0.3, 0.4) is 0 Å². The lowest BCUT2D eigenvalue weighted by Gasteiger charge is -2.38. The van der Waals surface area contributed by atoms with Crippen molar-refractivity contribution in [2.75, 3.05) is 18.0 Å². The van der Waals surface area contributed by atoms with Crippen LogP contribution in [0.15, 0.2) is 59.8 Å². The molecule has 1 fully saturated rings. The van der Waals surface area contributed by atoms with E-state index in [1.807, 2.05) is 60.5 Å². The Kier molecular flexibility index (Phi) is 4.94. The molecule has 0 aliphatic carbocycles. The van der Waals surface area contributed by atoms with E-state index in [0.717, 1.165) is 41.7 Å². The van der Waals surface area contributed by atoms with Gasteiger partial charge >= 0.3 is 0 Å². The fourth-order valence-electron chi connectivity index (χ4n) is 4.14. The van der Waals surface area contributed by atoms with Gasteiger partial charge in [0.15, 0.2) is 5.43 Å². The molecule has 0 unspecified atom stereocenters. The van der Waals surface area contributed by atoms with Crippen molar-refractivity contribution in [2.45, 2.75) is 25.9 Å². The first-order chi connectivity index (χ1) is 13.1. The number of pyridine rings is 2. The number of nitrogens with one attached hydrogen (secondary N) is 1. The van der Waals surface area contributed by atoms with E-state index in [9.17, 15) is 4.79 Å². The summed E-state index contributed by atoms with van der Waals surface area (Å²) in [6.45, 7) is 4.85. The summed E-state index contributed by atoms with van der Waals surface area (Å²) in [4.78, 5) is 19.5. The number of piperidine rings is 1. The van der Waals surface area contributed by atoms with Crippen molar-refractivity contribution in [3.63, 3.8) is 0 Å².